The van der Waals surface area contributed by atoms with Gasteiger partial charge in [-0.2, -0.15) is 0 Å². The van der Waals surface area contributed by atoms with E-state index < -0.39 is 5.25 Å². The SMILES string of the molecule is COc1ccc(CN=C(Nc2ccc(Cl)cc2)S[C@H]2CC(=O)N(c3ccc(C)cc3C)C2=O)cc1. The molecular weight excluding hydrogens is 482 g/mol. The Bertz CT molecular complexity index is 1260. The molecule has 1 heterocycles. The average molecular weight is 508 g/mol. The van der Waals surface area contributed by atoms with Crippen LogP contribution in [0.4, 0.5) is 11.4 Å². The smallest absolute Gasteiger partial charge is 0.247 e. The molecular formula is C27H26ClN3O3S. The summed E-state index contributed by atoms with van der Waals surface area (Å²) in [5, 5.41) is 3.89. The van der Waals surface area contributed by atoms with E-state index in [9.17, 15) is 9.59 Å². The number of amides is 2. The van der Waals surface area contributed by atoms with Crippen LogP contribution in [0.5, 0.6) is 5.75 Å². The zero-order valence-electron chi connectivity index (χ0n) is 19.7. The summed E-state index contributed by atoms with van der Waals surface area (Å²) in [4.78, 5) is 32.2. The molecule has 0 radical (unpaired) electrons. The van der Waals surface area contributed by atoms with Gasteiger partial charge < -0.3 is 10.1 Å². The summed E-state index contributed by atoms with van der Waals surface area (Å²) >= 11 is 7.29. The van der Waals surface area contributed by atoms with Gasteiger partial charge >= 0.3 is 0 Å². The molecule has 0 aliphatic carbocycles. The predicted octanol–water partition coefficient (Wildman–Crippen LogP) is 6.00. The van der Waals surface area contributed by atoms with Crippen molar-refractivity contribution >= 4 is 51.7 Å². The molecule has 1 atom stereocenters. The van der Waals surface area contributed by atoms with Crippen LogP contribution in [0.3, 0.4) is 0 Å². The van der Waals surface area contributed by atoms with Gasteiger partial charge in [-0.05, 0) is 67.4 Å². The molecule has 4 rings (SSSR count). The molecule has 2 amide bonds. The average Bonchev–Trinajstić information content (AvgIpc) is 3.12. The van der Waals surface area contributed by atoms with Crippen molar-refractivity contribution < 1.29 is 14.3 Å². The number of nitrogens with one attached hydrogen (secondary N) is 1. The minimum atomic E-state index is -0.572. The predicted molar refractivity (Wildman–Crippen MR) is 144 cm³/mol. The molecule has 1 aliphatic heterocycles. The van der Waals surface area contributed by atoms with Crippen LogP contribution < -0.4 is 15.0 Å². The van der Waals surface area contributed by atoms with Gasteiger partial charge in [-0.3, -0.25) is 14.6 Å². The monoisotopic (exact) mass is 507 g/mol. The number of carbonyl (C=O) groups is 2. The summed E-state index contributed by atoms with van der Waals surface area (Å²) < 4.78 is 5.22. The normalized spacial score (nSPS) is 16.1. The third-order valence-electron chi connectivity index (χ3n) is 5.61. The van der Waals surface area contributed by atoms with E-state index in [1.807, 2.05) is 68.4 Å². The topological polar surface area (TPSA) is 71.0 Å². The number of carbonyl (C=O) groups excluding carboxylic acids is 2. The summed E-state index contributed by atoms with van der Waals surface area (Å²) in [7, 11) is 1.62. The summed E-state index contributed by atoms with van der Waals surface area (Å²) in [6, 6.07) is 20.6. The fraction of sp³-hybridized carbons (Fsp3) is 0.222. The summed E-state index contributed by atoms with van der Waals surface area (Å²) in [5.41, 5.74) is 4.39. The van der Waals surface area contributed by atoms with E-state index in [0.717, 1.165) is 28.1 Å². The molecule has 6 nitrogen and oxygen atoms in total. The minimum Gasteiger partial charge on any atom is -0.497 e. The van der Waals surface area contributed by atoms with Crippen LogP contribution in [0.25, 0.3) is 0 Å². The van der Waals surface area contributed by atoms with Crippen LogP contribution in [-0.2, 0) is 16.1 Å². The second kappa shape index (κ2) is 11.0. The standard InChI is InChI=1S/C27H26ClN3O3S/c1-17-4-13-23(18(2)14-17)31-25(32)15-24(26(31)33)35-27(30-21-9-7-20(28)8-10-21)29-16-19-5-11-22(34-3)12-6-19/h4-14,24H,15-16H2,1-3H3,(H,29,30)/t24-/m0/s1. The van der Waals surface area contributed by atoms with Gasteiger partial charge in [-0.15, -0.1) is 0 Å². The molecule has 35 heavy (non-hydrogen) atoms. The molecule has 0 unspecified atom stereocenters. The highest BCUT2D eigenvalue weighted by Crippen LogP contribution is 2.33. The number of benzene rings is 3. The Labute approximate surface area is 214 Å². The lowest BCUT2D eigenvalue weighted by Gasteiger charge is -2.18. The van der Waals surface area contributed by atoms with Crippen LogP contribution in [-0.4, -0.2) is 29.3 Å². The Hall–Kier alpha value is -3.29. The van der Waals surface area contributed by atoms with Crippen molar-refractivity contribution in [1.82, 2.24) is 0 Å². The lowest BCUT2D eigenvalue weighted by molar-refractivity contribution is -0.121. The number of nitrogens with zero attached hydrogens (tertiary/aromatic N) is 2. The number of amidine groups is 1. The zero-order valence-corrected chi connectivity index (χ0v) is 21.3. The Morgan fingerprint density at radius 2 is 1.80 bits per heavy atom. The van der Waals surface area contributed by atoms with E-state index in [0.29, 0.717) is 22.4 Å². The van der Waals surface area contributed by atoms with E-state index in [1.54, 1.807) is 19.2 Å². The largest absolute Gasteiger partial charge is 0.497 e. The number of halogens is 1. The number of hydrogen-bond donors (Lipinski definition) is 1. The zero-order chi connectivity index (χ0) is 24.9. The molecule has 1 aliphatic rings. The Morgan fingerprint density at radius 3 is 2.46 bits per heavy atom. The van der Waals surface area contributed by atoms with Crippen LogP contribution in [0.1, 0.15) is 23.1 Å². The first-order valence-corrected chi connectivity index (χ1v) is 12.4. The van der Waals surface area contributed by atoms with Crippen molar-refractivity contribution in [3.8, 4) is 5.75 Å². The molecule has 1 saturated heterocycles. The Morgan fingerprint density at radius 1 is 1.09 bits per heavy atom. The number of methoxy groups -OCH3 is 1. The van der Waals surface area contributed by atoms with Gasteiger partial charge in [0.25, 0.3) is 0 Å². The van der Waals surface area contributed by atoms with Gasteiger partial charge in [0.1, 0.15) is 11.0 Å². The molecule has 0 saturated carbocycles. The fourth-order valence-corrected chi connectivity index (χ4v) is 4.94. The van der Waals surface area contributed by atoms with E-state index in [1.165, 1.54) is 16.7 Å². The van der Waals surface area contributed by atoms with Crippen LogP contribution in [0.15, 0.2) is 71.7 Å². The highest BCUT2D eigenvalue weighted by molar-refractivity contribution is 8.15. The second-order valence-corrected chi connectivity index (χ2v) is 9.90. The van der Waals surface area contributed by atoms with Gasteiger partial charge in [-0.1, -0.05) is 53.2 Å². The summed E-state index contributed by atoms with van der Waals surface area (Å²) in [6.07, 6.45) is 0.112. The fourth-order valence-electron chi connectivity index (χ4n) is 3.80. The van der Waals surface area contributed by atoms with Gasteiger partial charge in [0.05, 0.1) is 19.3 Å². The van der Waals surface area contributed by atoms with Crippen molar-refractivity contribution in [1.29, 1.82) is 0 Å². The molecule has 0 spiro atoms. The molecule has 3 aromatic carbocycles. The number of rotatable bonds is 6. The molecule has 1 N–H and O–H groups in total. The first kappa shape index (κ1) is 24.8. The quantitative estimate of drug-likeness (QED) is 0.252. The number of aryl methyl sites for hydroxylation is 2. The van der Waals surface area contributed by atoms with Crippen molar-refractivity contribution in [3.05, 3.63) is 88.4 Å². The third-order valence-corrected chi connectivity index (χ3v) is 6.97. The molecule has 0 bridgehead atoms. The van der Waals surface area contributed by atoms with Gasteiger partial charge in [0.2, 0.25) is 11.8 Å². The molecule has 180 valence electrons. The van der Waals surface area contributed by atoms with Crippen molar-refractivity contribution in [2.45, 2.75) is 32.1 Å². The van der Waals surface area contributed by atoms with Crippen LogP contribution in [0, 0.1) is 13.8 Å². The number of hydrogen-bond acceptors (Lipinski definition) is 5. The number of ether oxygens (including phenoxy) is 1. The number of anilines is 2. The maximum atomic E-state index is 13.3. The first-order chi connectivity index (χ1) is 16.8. The van der Waals surface area contributed by atoms with Crippen molar-refractivity contribution in [2.75, 3.05) is 17.3 Å². The van der Waals surface area contributed by atoms with Crippen molar-refractivity contribution in [3.63, 3.8) is 0 Å². The lowest BCUT2D eigenvalue weighted by atomic mass is 10.1. The maximum Gasteiger partial charge on any atom is 0.247 e. The second-order valence-electron chi connectivity index (χ2n) is 8.27. The Kier molecular flexibility index (Phi) is 7.78. The van der Waals surface area contributed by atoms with E-state index in [-0.39, 0.29) is 18.2 Å². The van der Waals surface area contributed by atoms with E-state index in [2.05, 4.69) is 5.32 Å². The number of imide groups is 1. The summed E-state index contributed by atoms with van der Waals surface area (Å²) in [5.74, 6) is 0.329. The van der Waals surface area contributed by atoms with Gasteiger partial charge in [0, 0.05) is 17.1 Å². The maximum absolute atomic E-state index is 13.3. The lowest BCUT2D eigenvalue weighted by Crippen LogP contribution is -2.32. The molecule has 1 fully saturated rings. The van der Waals surface area contributed by atoms with Crippen LogP contribution in [0.2, 0.25) is 5.02 Å². The minimum absolute atomic E-state index is 0.112. The van der Waals surface area contributed by atoms with Crippen molar-refractivity contribution in [2.24, 2.45) is 4.99 Å². The molecule has 3 aromatic rings. The number of thioether (sulfide) groups is 1. The first-order valence-electron chi connectivity index (χ1n) is 11.1. The van der Waals surface area contributed by atoms with E-state index in [4.69, 9.17) is 21.3 Å². The highest BCUT2D eigenvalue weighted by atomic mass is 35.5. The Balaban J connectivity index is 1.56. The highest BCUT2D eigenvalue weighted by Gasteiger charge is 2.41. The molecule has 8 heteroatoms. The molecule has 0 aromatic heterocycles. The van der Waals surface area contributed by atoms with Gasteiger partial charge in [-0.25, -0.2) is 4.90 Å². The van der Waals surface area contributed by atoms with Crippen LogP contribution >= 0.6 is 23.4 Å². The van der Waals surface area contributed by atoms with Gasteiger partial charge in [0.15, 0.2) is 5.17 Å². The van der Waals surface area contributed by atoms with E-state index >= 15 is 0 Å². The number of aliphatic imine (C=N–C) groups is 1. The summed E-state index contributed by atoms with van der Waals surface area (Å²) in [6.45, 7) is 4.30. The third kappa shape index (κ3) is 6.05.